The van der Waals surface area contributed by atoms with Crippen molar-refractivity contribution in [1.29, 1.82) is 5.26 Å². The molecule has 8 nitrogen and oxygen atoms in total. The smallest absolute Gasteiger partial charge is 0.175 e. The van der Waals surface area contributed by atoms with Crippen LogP contribution in [0.15, 0.2) is 77.7 Å². The lowest BCUT2D eigenvalue weighted by molar-refractivity contribution is 0.239. The minimum atomic E-state index is -3.32. The van der Waals surface area contributed by atoms with E-state index in [1.807, 2.05) is 18.2 Å². The summed E-state index contributed by atoms with van der Waals surface area (Å²) >= 11 is 0. The molecule has 0 bridgehead atoms. The van der Waals surface area contributed by atoms with Gasteiger partial charge in [0.05, 0.1) is 28.8 Å². The van der Waals surface area contributed by atoms with Gasteiger partial charge in [-0.3, -0.25) is 4.90 Å². The predicted molar refractivity (Wildman–Crippen MR) is 123 cm³/mol. The van der Waals surface area contributed by atoms with Crippen molar-refractivity contribution in [3.05, 3.63) is 101 Å². The van der Waals surface area contributed by atoms with Gasteiger partial charge in [-0.2, -0.15) is 9.94 Å². The lowest BCUT2D eigenvalue weighted by atomic mass is 10.1. The topological polar surface area (TPSA) is 105 Å². The maximum Gasteiger partial charge on any atom is 0.175 e. The van der Waals surface area contributed by atoms with Gasteiger partial charge < -0.3 is 0 Å². The third kappa shape index (κ3) is 5.70. The molecule has 1 aromatic heterocycles. The fourth-order valence-corrected chi connectivity index (χ4v) is 4.17. The number of aromatic nitrogens is 4. The van der Waals surface area contributed by atoms with Gasteiger partial charge in [0.2, 0.25) is 0 Å². The summed E-state index contributed by atoms with van der Waals surface area (Å²) in [6.07, 6.45) is 1.15. The Morgan fingerprint density at radius 2 is 1.68 bits per heavy atom. The zero-order chi connectivity index (χ0) is 24.1. The minimum absolute atomic E-state index is 0.208. The van der Waals surface area contributed by atoms with Crippen LogP contribution in [0, 0.1) is 17.1 Å². The van der Waals surface area contributed by atoms with E-state index in [9.17, 15) is 12.8 Å². The molecule has 0 spiro atoms. The SMILES string of the molecule is CS(=O)(=O)c1ccc(-n2nnnc2CN(Cc2ccc(C#N)cc2)Cc2cccc(F)c2)cc1. The molecule has 10 heteroatoms. The summed E-state index contributed by atoms with van der Waals surface area (Å²) in [5.41, 5.74) is 2.97. The zero-order valence-corrected chi connectivity index (χ0v) is 19.2. The number of hydrogen-bond acceptors (Lipinski definition) is 7. The van der Waals surface area contributed by atoms with Crippen LogP contribution in [0.5, 0.6) is 0 Å². The molecular weight excluding hydrogens is 455 g/mol. The van der Waals surface area contributed by atoms with Gasteiger partial charge in [-0.25, -0.2) is 12.8 Å². The first-order valence-corrected chi connectivity index (χ1v) is 12.2. The summed E-state index contributed by atoms with van der Waals surface area (Å²) in [7, 11) is -3.32. The van der Waals surface area contributed by atoms with Crippen molar-refractivity contribution in [2.75, 3.05) is 6.26 Å². The van der Waals surface area contributed by atoms with Crippen LogP contribution in [0.3, 0.4) is 0 Å². The molecule has 3 aromatic carbocycles. The van der Waals surface area contributed by atoms with E-state index >= 15 is 0 Å². The quantitative estimate of drug-likeness (QED) is 0.384. The average molecular weight is 477 g/mol. The van der Waals surface area contributed by atoms with Crippen molar-refractivity contribution in [2.24, 2.45) is 0 Å². The Balaban J connectivity index is 1.61. The molecule has 0 N–H and O–H groups in total. The summed E-state index contributed by atoms with van der Waals surface area (Å²) < 4.78 is 38.8. The molecule has 0 unspecified atom stereocenters. The van der Waals surface area contributed by atoms with E-state index in [-0.39, 0.29) is 10.7 Å². The largest absolute Gasteiger partial charge is 0.287 e. The highest BCUT2D eigenvalue weighted by Crippen LogP contribution is 2.18. The Morgan fingerprint density at radius 3 is 2.32 bits per heavy atom. The second kappa shape index (κ2) is 9.91. The molecule has 0 aliphatic heterocycles. The van der Waals surface area contributed by atoms with Crippen LogP contribution in [0.2, 0.25) is 0 Å². The van der Waals surface area contributed by atoms with Gasteiger partial charge in [0.25, 0.3) is 0 Å². The van der Waals surface area contributed by atoms with E-state index < -0.39 is 9.84 Å². The second-order valence-electron chi connectivity index (χ2n) is 7.86. The summed E-state index contributed by atoms with van der Waals surface area (Å²) in [5.74, 6) is 0.226. The molecule has 0 aliphatic rings. The van der Waals surface area contributed by atoms with Crippen molar-refractivity contribution < 1.29 is 12.8 Å². The highest BCUT2D eigenvalue weighted by molar-refractivity contribution is 7.90. The van der Waals surface area contributed by atoms with Crippen LogP contribution in [0.4, 0.5) is 4.39 Å². The zero-order valence-electron chi connectivity index (χ0n) is 18.3. The Bertz CT molecular complexity index is 1430. The minimum Gasteiger partial charge on any atom is -0.287 e. The molecule has 0 atom stereocenters. The van der Waals surface area contributed by atoms with Crippen molar-refractivity contribution in [1.82, 2.24) is 25.1 Å². The van der Waals surface area contributed by atoms with Gasteiger partial charge in [-0.05, 0) is 70.1 Å². The predicted octanol–water partition coefficient (Wildman–Crippen LogP) is 3.28. The Kier molecular flexibility index (Phi) is 6.77. The number of tetrazole rings is 1. The molecule has 1 heterocycles. The molecular formula is C24H21FN6O2S. The maximum atomic E-state index is 13.8. The number of benzene rings is 3. The first-order chi connectivity index (χ1) is 16.3. The highest BCUT2D eigenvalue weighted by Gasteiger charge is 2.16. The fourth-order valence-electron chi connectivity index (χ4n) is 3.54. The lowest BCUT2D eigenvalue weighted by Gasteiger charge is -2.22. The highest BCUT2D eigenvalue weighted by atomic mass is 32.2. The number of halogens is 1. The van der Waals surface area contributed by atoms with E-state index in [0.29, 0.717) is 36.7 Å². The first kappa shape index (κ1) is 23.2. The van der Waals surface area contributed by atoms with E-state index in [0.717, 1.165) is 17.4 Å². The monoisotopic (exact) mass is 476 g/mol. The van der Waals surface area contributed by atoms with Crippen LogP contribution >= 0.6 is 0 Å². The molecule has 172 valence electrons. The van der Waals surface area contributed by atoms with Gasteiger partial charge in [0, 0.05) is 19.3 Å². The Morgan fingerprint density at radius 1 is 0.971 bits per heavy atom. The van der Waals surface area contributed by atoms with Gasteiger partial charge in [-0.1, -0.05) is 24.3 Å². The summed E-state index contributed by atoms with van der Waals surface area (Å²) in [5, 5.41) is 21.1. The van der Waals surface area contributed by atoms with Gasteiger partial charge >= 0.3 is 0 Å². The van der Waals surface area contributed by atoms with Gasteiger partial charge in [0.15, 0.2) is 15.7 Å². The van der Waals surface area contributed by atoms with Crippen LogP contribution in [0.1, 0.15) is 22.5 Å². The second-order valence-corrected chi connectivity index (χ2v) is 9.87. The van der Waals surface area contributed by atoms with Crippen molar-refractivity contribution >= 4 is 9.84 Å². The van der Waals surface area contributed by atoms with Crippen LogP contribution < -0.4 is 0 Å². The molecule has 0 saturated carbocycles. The van der Waals surface area contributed by atoms with E-state index in [1.54, 1.807) is 35.0 Å². The average Bonchev–Trinajstić information content (AvgIpc) is 3.27. The Hall–Kier alpha value is -3.94. The van der Waals surface area contributed by atoms with Crippen LogP contribution in [0.25, 0.3) is 5.69 Å². The molecule has 4 rings (SSSR count). The Labute approximate surface area is 196 Å². The standard InChI is InChI=1S/C24H21FN6O2S/c1-34(32,33)23-11-9-22(10-12-23)31-24(27-28-29-31)17-30(16-20-3-2-4-21(25)13-20)15-19-7-5-18(14-26)6-8-19/h2-13H,15-17H2,1H3. The van der Waals surface area contributed by atoms with E-state index in [4.69, 9.17) is 5.26 Å². The number of hydrogen-bond donors (Lipinski definition) is 0. The summed E-state index contributed by atoms with van der Waals surface area (Å²) in [6, 6.07) is 22.1. The number of sulfone groups is 1. The molecule has 0 aliphatic carbocycles. The fraction of sp³-hybridized carbons (Fsp3) is 0.167. The lowest BCUT2D eigenvalue weighted by Crippen LogP contribution is -2.24. The normalized spacial score (nSPS) is 11.5. The molecule has 0 saturated heterocycles. The molecule has 0 amide bonds. The molecule has 4 aromatic rings. The third-order valence-electron chi connectivity index (χ3n) is 5.19. The summed E-state index contributed by atoms with van der Waals surface area (Å²) in [4.78, 5) is 2.27. The third-order valence-corrected chi connectivity index (χ3v) is 6.32. The maximum absolute atomic E-state index is 13.8. The van der Waals surface area contributed by atoms with Crippen LogP contribution in [-0.4, -0.2) is 39.8 Å². The van der Waals surface area contributed by atoms with Gasteiger partial charge in [-0.15, -0.1) is 5.10 Å². The van der Waals surface area contributed by atoms with Crippen molar-refractivity contribution in [3.8, 4) is 11.8 Å². The van der Waals surface area contributed by atoms with Crippen molar-refractivity contribution in [3.63, 3.8) is 0 Å². The van der Waals surface area contributed by atoms with Crippen molar-refractivity contribution in [2.45, 2.75) is 24.5 Å². The first-order valence-electron chi connectivity index (χ1n) is 10.4. The molecule has 34 heavy (non-hydrogen) atoms. The van der Waals surface area contributed by atoms with E-state index in [2.05, 4.69) is 26.5 Å². The number of nitrogens with zero attached hydrogens (tertiary/aromatic N) is 6. The van der Waals surface area contributed by atoms with Crippen LogP contribution in [-0.2, 0) is 29.5 Å². The van der Waals surface area contributed by atoms with Gasteiger partial charge in [0.1, 0.15) is 5.82 Å². The number of rotatable bonds is 8. The number of nitriles is 1. The molecule has 0 radical (unpaired) electrons. The van der Waals surface area contributed by atoms with E-state index in [1.165, 1.54) is 24.3 Å². The summed E-state index contributed by atoms with van der Waals surface area (Å²) in [6.45, 7) is 1.30. The molecule has 0 fully saturated rings.